The lowest BCUT2D eigenvalue weighted by molar-refractivity contribution is -0.385. The second-order valence-electron chi connectivity index (χ2n) is 4.95. The van der Waals surface area contributed by atoms with Crippen LogP contribution in [-0.4, -0.2) is 27.8 Å². The van der Waals surface area contributed by atoms with Crippen LogP contribution >= 0.6 is 0 Å². The summed E-state index contributed by atoms with van der Waals surface area (Å²) in [5, 5.41) is 15.4. The van der Waals surface area contributed by atoms with Gasteiger partial charge in [-0.05, 0) is 13.8 Å². The highest BCUT2D eigenvalue weighted by Gasteiger charge is 2.18. The van der Waals surface area contributed by atoms with Crippen LogP contribution in [0.3, 0.4) is 0 Å². The van der Waals surface area contributed by atoms with Gasteiger partial charge in [0.25, 0.3) is 5.69 Å². The molecule has 0 aliphatic heterocycles. The Hall–Kier alpha value is -2.70. The molecule has 0 aliphatic rings. The van der Waals surface area contributed by atoms with E-state index in [9.17, 15) is 14.9 Å². The summed E-state index contributed by atoms with van der Waals surface area (Å²) >= 11 is 0. The molecule has 0 spiro atoms. The van der Waals surface area contributed by atoms with Crippen LogP contribution in [0.15, 0.2) is 24.3 Å². The van der Waals surface area contributed by atoms with Gasteiger partial charge in [-0.15, -0.1) is 0 Å². The van der Waals surface area contributed by atoms with Crippen molar-refractivity contribution in [3.8, 4) is 0 Å². The number of aromatic nitrogens is 2. The quantitative estimate of drug-likeness (QED) is 0.480. The predicted octanol–water partition coefficient (Wildman–Crippen LogP) is 2.17. The van der Waals surface area contributed by atoms with Gasteiger partial charge in [-0.1, -0.05) is 18.2 Å². The monoisotopic (exact) mass is 303 g/mol. The lowest BCUT2D eigenvalue weighted by Crippen LogP contribution is -2.08. The first-order valence-electron chi connectivity index (χ1n) is 6.76. The molecule has 116 valence electrons. The summed E-state index contributed by atoms with van der Waals surface area (Å²) in [7, 11) is 1.34. The summed E-state index contributed by atoms with van der Waals surface area (Å²) in [5.74, 6) is -0.337. The van der Waals surface area contributed by atoms with Crippen LogP contribution in [0.4, 0.5) is 5.69 Å². The van der Waals surface area contributed by atoms with Crippen molar-refractivity contribution in [1.82, 2.24) is 9.78 Å². The number of nitro benzene ring substituents is 1. The van der Waals surface area contributed by atoms with Crippen molar-refractivity contribution in [3.05, 3.63) is 56.9 Å². The number of rotatable bonds is 5. The van der Waals surface area contributed by atoms with E-state index in [0.717, 1.165) is 17.0 Å². The Bertz CT molecular complexity index is 722. The molecule has 7 nitrogen and oxygen atoms in total. The molecule has 0 saturated carbocycles. The maximum Gasteiger partial charge on any atom is 0.310 e. The summed E-state index contributed by atoms with van der Waals surface area (Å²) in [6.07, 6.45) is 0.144. The third-order valence-corrected chi connectivity index (χ3v) is 3.59. The number of nitro groups is 1. The van der Waals surface area contributed by atoms with E-state index < -0.39 is 4.92 Å². The molecule has 0 aliphatic carbocycles. The SMILES string of the molecule is COC(=O)Cc1c(C)nn(Cc2ccccc2[N+](=O)[O-])c1C. The fourth-order valence-electron chi connectivity index (χ4n) is 2.34. The van der Waals surface area contributed by atoms with Crippen molar-refractivity contribution in [2.24, 2.45) is 0 Å². The Balaban J connectivity index is 2.34. The van der Waals surface area contributed by atoms with Gasteiger partial charge < -0.3 is 4.74 Å². The third-order valence-electron chi connectivity index (χ3n) is 3.59. The molecule has 2 rings (SSSR count). The maximum atomic E-state index is 11.4. The van der Waals surface area contributed by atoms with E-state index in [1.165, 1.54) is 13.2 Å². The molecule has 0 radical (unpaired) electrons. The van der Waals surface area contributed by atoms with Gasteiger partial charge in [-0.25, -0.2) is 0 Å². The van der Waals surface area contributed by atoms with Crippen LogP contribution in [-0.2, 0) is 22.5 Å². The van der Waals surface area contributed by atoms with Crippen molar-refractivity contribution in [2.45, 2.75) is 26.8 Å². The second kappa shape index (κ2) is 6.38. The van der Waals surface area contributed by atoms with Crippen LogP contribution in [0.1, 0.15) is 22.5 Å². The molecule has 0 amide bonds. The number of hydrogen-bond acceptors (Lipinski definition) is 5. The zero-order chi connectivity index (χ0) is 16.3. The Morgan fingerprint density at radius 1 is 1.36 bits per heavy atom. The minimum Gasteiger partial charge on any atom is -0.469 e. The van der Waals surface area contributed by atoms with E-state index in [1.807, 2.05) is 6.92 Å². The molecule has 0 unspecified atom stereocenters. The number of aryl methyl sites for hydroxylation is 1. The van der Waals surface area contributed by atoms with Gasteiger partial charge in [0.05, 0.1) is 36.3 Å². The van der Waals surface area contributed by atoms with Gasteiger partial charge in [0.1, 0.15) is 0 Å². The molecule has 22 heavy (non-hydrogen) atoms. The molecule has 7 heteroatoms. The summed E-state index contributed by atoms with van der Waals surface area (Å²) in [5.41, 5.74) is 2.96. The standard InChI is InChI=1S/C15H17N3O4/c1-10-13(8-15(19)22-3)11(2)17(16-10)9-12-6-4-5-7-14(12)18(20)21/h4-7H,8-9H2,1-3H3. The second-order valence-corrected chi connectivity index (χ2v) is 4.95. The average molecular weight is 303 g/mol. The van der Waals surface area contributed by atoms with Crippen LogP contribution in [0.25, 0.3) is 0 Å². The van der Waals surface area contributed by atoms with Crippen LogP contribution in [0, 0.1) is 24.0 Å². The Kier molecular flexibility index (Phi) is 4.55. The first-order valence-corrected chi connectivity index (χ1v) is 6.76. The average Bonchev–Trinajstić information content (AvgIpc) is 2.75. The number of carbonyl (C=O) groups is 1. The van der Waals surface area contributed by atoms with Crippen molar-refractivity contribution in [2.75, 3.05) is 7.11 Å². The van der Waals surface area contributed by atoms with Gasteiger partial charge in [-0.2, -0.15) is 5.10 Å². The zero-order valence-corrected chi connectivity index (χ0v) is 12.7. The minimum absolute atomic E-state index is 0.0598. The molecule has 0 bridgehead atoms. The van der Waals surface area contributed by atoms with E-state index >= 15 is 0 Å². The van der Waals surface area contributed by atoms with Crippen LogP contribution in [0.2, 0.25) is 0 Å². The van der Waals surface area contributed by atoms with Crippen molar-refractivity contribution in [1.29, 1.82) is 0 Å². The number of esters is 1. The molecule has 0 saturated heterocycles. The Morgan fingerprint density at radius 3 is 2.68 bits per heavy atom. The van der Waals surface area contributed by atoms with E-state index in [2.05, 4.69) is 9.84 Å². The third kappa shape index (κ3) is 3.13. The predicted molar refractivity (Wildman–Crippen MR) is 79.6 cm³/mol. The summed E-state index contributed by atoms with van der Waals surface area (Å²) in [4.78, 5) is 22.1. The van der Waals surface area contributed by atoms with E-state index in [1.54, 1.807) is 29.8 Å². The summed E-state index contributed by atoms with van der Waals surface area (Å²) in [6.45, 7) is 3.93. The minimum atomic E-state index is -0.406. The van der Waals surface area contributed by atoms with Gasteiger partial charge >= 0.3 is 5.97 Å². The van der Waals surface area contributed by atoms with Crippen molar-refractivity contribution >= 4 is 11.7 Å². The summed E-state index contributed by atoms with van der Waals surface area (Å²) < 4.78 is 6.35. The fourth-order valence-corrected chi connectivity index (χ4v) is 2.34. The Labute approximate surface area is 127 Å². The number of para-hydroxylation sites is 1. The molecule has 2 aromatic rings. The first kappa shape index (κ1) is 15.7. The first-order chi connectivity index (χ1) is 10.4. The smallest absolute Gasteiger partial charge is 0.310 e. The van der Waals surface area contributed by atoms with Gasteiger partial charge in [0, 0.05) is 17.3 Å². The lowest BCUT2D eigenvalue weighted by atomic mass is 10.1. The molecule has 1 aromatic heterocycles. The highest BCUT2D eigenvalue weighted by atomic mass is 16.6. The molecule has 0 atom stereocenters. The van der Waals surface area contributed by atoms with Gasteiger partial charge in [0.2, 0.25) is 0 Å². The number of methoxy groups -OCH3 is 1. The van der Waals surface area contributed by atoms with E-state index in [-0.39, 0.29) is 24.6 Å². The number of carbonyl (C=O) groups excluding carboxylic acids is 1. The van der Waals surface area contributed by atoms with Crippen LogP contribution < -0.4 is 0 Å². The number of nitrogens with zero attached hydrogens (tertiary/aromatic N) is 3. The van der Waals surface area contributed by atoms with Gasteiger partial charge in [0.15, 0.2) is 0 Å². The molecular formula is C15H17N3O4. The number of hydrogen-bond donors (Lipinski definition) is 0. The van der Waals surface area contributed by atoms with Crippen molar-refractivity contribution in [3.63, 3.8) is 0 Å². The number of ether oxygens (including phenoxy) is 1. The fraction of sp³-hybridized carbons (Fsp3) is 0.333. The largest absolute Gasteiger partial charge is 0.469 e. The normalized spacial score (nSPS) is 10.5. The number of benzene rings is 1. The highest BCUT2D eigenvalue weighted by molar-refractivity contribution is 5.73. The molecular weight excluding hydrogens is 286 g/mol. The maximum absolute atomic E-state index is 11.4. The molecule has 1 heterocycles. The van der Waals surface area contributed by atoms with E-state index in [0.29, 0.717) is 5.56 Å². The zero-order valence-electron chi connectivity index (χ0n) is 12.7. The van der Waals surface area contributed by atoms with E-state index in [4.69, 9.17) is 0 Å². The van der Waals surface area contributed by atoms with Crippen LogP contribution in [0.5, 0.6) is 0 Å². The summed E-state index contributed by atoms with van der Waals surface area (Å²) in [6, 6.07) is 6.56. The highest BCUT2D eigenvalue weighted by Crippen LogP contribution is 2.21. The van der Waals surface area contributed by atoms with Gasteiger partial charge in [-0.3, -0.25) is 19.6 Å². The molecule has 0 N–H and O–H groups in total. The Morgan fingerprint density at radius 2 is 2.05 bits per heavy atom. The topological polar surface area (TPSA) is 87.3 Å². The molecule has 1 aromatic carbocycles. The van der Waals surface area contributed by atoms with Crippen molar-refractivity contribution < 1.29 is 14.5 Å². The lowest BCUT2D eigenvalue weighted by Gasteiger charge is -2.06. The molecule has 0 fully saturated rings.